The lowest BCUT2D eigenvalue weighted by atomic mass is 9.95. The molecule has 4 rings (SSSR count). The highest BCUT2D eigenvalue weighted by Gasteiger charge is 2.41. The van der Waals surface area contributed by atoms with Gasteiger partial charge in [-0.05, 0) is 24.8 Å². The fraction of sp³-hybridized carbons (Fsp3) is 0.400. The smallest absolute Gasteiger partial charge is 0.277 e. The fourth-order valence-corrected chi connectivity index (χ4v) is 4.18. The van der Waals surface area contributed by atoms with Crippen LogP contribution in [0.3, 0.4) is 0 Å². The van der Waals surface area contributed by atoms with Gasteiger partial charge in [0.2, 0.25) is 5.43 Å². The highest BCUT2D eigenvalue weighted by atomic mass is 16.3. The van der Waals surface area contributed by atoms with Crippen molar-refractivity contribution in [2.75, 3.05) is 12.1 Å². The summed E-state index contributed by atoms with van der Waals surface area (Å²) in [7, 11) is 1.75. The molecule has 26 heavy (non-hydrogen) atoms. The molecule has 0 aliphatic carbocycles. The molecule has 6 heteroatoms. The predicted molar refractivity (Wildman–Crippen MR) is 98.7 cm³/mol. The van der Waals surface area contributed by atoms with Gasteiger partial charge in [-0.1, -0.05) is 43.2 Å². The van der Waals surface area contributed by atoms with Crippen LogP contribution in [0.4, 0.5) is 0 Å². The van der Waals surface area contributed by atoms with Crippen LogP contribution in [0.15, 0.2) is 47.4 Å². The molecule has 3 heterocycles. The number of aromatic hydroxyl groups is 1. The van der Waals surface area contributed by atoms with E-state index in [0.29, 0.717) is 0 Å². The van der Waals surface area contributed by atoms with E-state index in [9.17, 15) is 14.7 Å². The molecular formula is C20H23N3O3. The number of carbonyl (C=O) groups is 1. The van der Waals surface area contributed by atoms with Crippen LogP contribution < -0.4 is 10.4 Å². The predicted octanol–water partition coefficient (Wildman–Crippen LogP) is 2.61. The molecule has 1 N–H and O–H groups in total. The number of nitrogens with zero attached hydrogens (tertiary/aromatic N) is 3. The molecule has 1 aromatic heterocycles. The van der Waals surface area contributed by atoms with Gasteiger partial charge in [0.1, 0.15) is 6.17 Å². The lowest BCUT2D eigenvalue weighted by molar-refractivity contribution is 0.0581. The zero-order valence-electron chi connectivity index (χ0n) is 14.8. The Labute approximate surface area is 152 Å². The lowest BCUT2D eigenvalue weighted by Crippen LogP contribution is -2.61. The first kappa shape index (κ1) is 16.7. The van der Waals surface area contributed by atoms with Crippen LogP contribution in [0.2, 0.25) is 0 Å². The minimum Gasteiger partial charge on any atom is -0.502 e. The van der Waals surface area contributed by atoms with E-state index in [0.717, 1.165) is 32.1 Å². The van der Waals surface area contributed by atoms with E-state index in [2.05, 4.69) is 17.1 Å². The largest absolute Gasteiger partial charge is 0.502 e. The summed E-state index contributed by atoms with van der Waals surface area (Å²) in [4.78, 5) is 26.5. The van der Waals surface area contributed by atoms with Crippen LogP contribution >= 0.6 is 0 Å². The first-order valence-corrected chi connectivity index (χ1v) is 9.15. The Morgan fingerprint density at radius 3 is 2.50 bits per heavy atom. The maximum absolute atomic E-state index is 12.9. The third kappa shape index (κ3) is 2.57. The minimum atomic E-state index is -0.528. The van der Waals surface area contributed by atoms with Crippen molar-refractivity contribution in [1.29, 1.82) is 0 Å². The molecule has 1 amide bonds. The third-order valence-electron chi connectivity index (χ3n) is 5.52. The Kier molecular flexibility index (Phi) is 4.18. The Balaban J connectivity index is 1.92. The van der Waals surface area contributed by atoms with Crippen molar-refractivity contribution in [3.8, 4) is 5.75 Å². The Morgan fingerprint density at radius 2 is 1.73 bits per heavy atom. The summed E-state index contributed by atoms with van der Waals surface area (Å²) in [5.41, 5.74) is 0.698. The molecule has 6 nitrogen and oxygen atoms in total. The second-order valence-electron chi connectivity index (χ2n) is 7.06. The van der Waals surface area contributed by atoms with Gasteiger partial charge in [0.15, 0.2) is 11.4 Å². The number of amides is 1. The third-order valence-corrected chi connectivity index (χ3v) is 5.52. The summed E-state index contributed by atoms with van der Waals surface area (Å²) in [5.74, 6) is -0.787. The summed E-state index contributed by atoms with van der Waals surface area (Å²) in [6.07, 6.45) is 6.60. The Morgan fingerprint density at radius 1 is 1.00 bits per heavy atom. The molecular weight excluding hydrogens is 330 g/mol. The summed E-state index contributed by atoms with van der Waals surface area (Å²) in [6.45, 7) is 0. The number of carbonyl (C=O) groups excluding carboxylic acids is 1. The number of pyridine rings is 1. The highest BCUT2D eigenvalue weighted by molar-refractivity contribution is 5.96. The van der Waals surface area contributed by atoms with E-state index >= 15 is 0 Å². The molecule has 0 saturated carbocycles. The van der Waals surface area contributed by atoms with E-state index in [1.54, 1.807) is 22.8 Å². The first-order valence-electron chi connectivity index (χ1n) is 9.15. The van der Waals surface area contributed by atoms with Gasteiger partial charge in [-0.3, -0.25) is 19.3 Å². The molecule has 2 aromatic rings. The average molecular weight is 353 g/mol. The number of hydrogen-bond donors (Lipinski definition) is 1. The molecule has 1 saturated heterocycles. The van der Waals surface area contributed by atoms with Gasteiger partial charge >= 0.3 is 0 Å². The average Bonchev–Trinajstić information content (AvgIpc) is 2.63. The van der Waals surface area contributed by atoms with Crippen molar-refractivity contribution < 1.29 is 9.90 Å². The minimum absolute atomic E-state index is 0.0535. The van der Waals surface area contributed by atoms with Gasteiger partial charge in [0, 0.05) is 19.3 Å². The second kappa shape index (κ2) is 6.52. The van der Waals surface area contributed by atoms with Crippen LogP contribution in [-0.2, 0) is 0 Å². The van der Waals surface area contributed by atoms with Crippen LogP contribution in [-0.4, -0.2) is 33.8 Å². The van der Waals surface area contributed by atoms with Crippen LogP contribution in [0.25, 0.3) is 0 Å². The van der Waals surface area contributed by atoms with Crippen molar-refractivity contribution >= 4 is 5.91 Å². The summed E-state index contributed by atoms with van der Waals surface area (Å²) >= 11 is 0. The van der Waals surface area contributed by atoms with Crippen molar-refractivity contribution in [3.63, 3.8) is 0 Å². The molecule has 2 aliphatic heterocycles. The van der Waals surface area contributed by atoms with Crippen LogP contribution in [0, 0.1) is 0 Å². The van der Waals surface area contributed by atoms with Crippen LogP contribution in [0.5, 0.6) is 5.75 Å². The summed E-state index contributed by atoms with van der Waals surface area (Å²) in [5, 5.41) is 12.5. The SMILES string of the molecule is CN1C(=O)c2c(O)c(=O)ccn2N2C(c3ccccc3)CCCCCC12. The number of benzene rings is 1. The molecule has 2 aliphatic rings. The van der Waals surface area contributed by atoms with Gasteiger partial charge in [0.05, 0.1) is 6.04 Å². The Bertz CT molecular complexity index is 878. The fourth-order valence-electron chi connectivity index (χ4n) is 4.18. The van der Waals surface area contributed by atoms with E-state index in [1.165, 1.54) is 11.6 Å². The van der Waals surface area contributed by atoms with E-state index < -0.39 is 11.2 Å². The monoisotopic (exact) mass is 353 g/mol. The molecule has 0 radical (unpaired) electrons. The normalized spacial score (nSPS) is 23.0. The number of aromatic nitrogens is 1. The van der Waals surface area contributed by atoms with Gasteiger partial charge in [0.25, 0.3) is 5.91 Å². The van der Waals surface area contributed by atoms with E-state index in [-0.39, 0.29) is 23.8 Å². The standard InChI is InChI=1S/C20H23N3O3/c1-21-17-11-7-3-6-10-15(14-8-4-2-5-9-14)23(17)22-13-12-16(24)19(25)18(22)20(21)26/h2,4-5,8-9,12-13,15,17,25H,3,6-7,10-11H2,1H3. The number of fused-ring (bicyclic) bond motifs is 3. The molecule has 1 aromatic carbocycles. The summed E-state index contributed by atoms with van der Waals surface area (Å²) < 4.78 is 1.70. The topological polar surface area (TPSA) is 65.8 Å². The van der Waals surface area contributed by atoms with Gasteiger partial charge in [-0.25, -0.2) is 0 Å². The quantitative estimate of drug-likeness (QED) is 0.856. The van der Waals surface area contributed by atoms with Crippen molar-refractivity contribution in [1.82, 2.24) is 9.58 Å². The Hall–Kier alpha value is -2.76. The van der Waals surface area contributed by atoms with Crippen molar-refractivity contribution in [2.45, 2.75) is 44.3 Å². The molecule has 1 fully saturated rings. The van der Waals surface area contributed by atoms with Gasteiger partial charge in [-0.15, -0.1) is 0 Å². The second-order valence-corrected chi connectivity index (χ2v) is 7.06. The maximum Gasteiger partial charge on any atom is 0.277 e. The maximum atomic E-state index is 12.9. The van der Waals surface area contributed by atoms with Crippen molar-refractivity contribution in [3.05, 3.63) is 64.1 Å². The van der Waals surface area contributed by atoms with E-state index in [1.807, 2.05) is 18.2 Å². The number of hydrogen-bond acceptors (Lipinski definition) is 4. The zero-order valence-corrected chi connectivity index (χ0v) is 14.8. The van der Waals surface area contributed by atoms with Crippen LogP contribution in [0.1, 0.15) is 54.2 Å². The van der Waals surface area contributed by atoms with Gasteiger partial charge in [-0.2, -0.15) is 0 Å². The molecule has 0 bridgehead atoms. The van der Waals surface area contributed by atoms with E-state index in [4.69, 9.17) is 0 Å². The van der Waals surface area contributed by atoms with Gasteiger partial charge < -0.3 is 10.0 Å². The number of rotatable bonds is 1. The molecule has 2 atom stereocenters. The summed E-state index contributed by atoms with van der Waals surface area (Å²) in [6, 6.07) is 11.6. The first-order chi connectivity index (χ1) is 12.6. The molecule has 136 valence electrons. The molecule has 0 spiro atoms. The van der Waals surface area contributed by atoms with Crippen molar-refractivity contribution in [2.24, 2.45) is 0 Å². The molecule has 2 unspecified atom stereocenters. The highest BCUT2D eigenvalue weighted by Crippen LogP contribution is 2.36. The zero-order chi connectivity index (χ0) is 18.3. The lowest BCUT2D eigenvalue weighted by Gasteiger charge is -2.49.